The van der Waals surface area contributed by atoms with Gasteiger partial charge in [0.25, 0.3) is 6.43 Å². The fourth-order valence-corrected chi connectivity index (χ4v) is 1.94. The molecular weight excluding hydrogens is 278 g/mol. The molecule has 0 bridgehead atoms. The van der Waals surface area contributed by atoms with Crippen molar-refractivity contribution < 1.29 is 13.6 Å². The third-order valence-electron chi connectivity index (χ3n) is 3.08. The lowest BCUT2D eigenvalue weighted by atomic mass is 10.1. The number of halogens is 2. The van der Waals surface area contributed by atoms with Gasteiger partial charge < -0.3 is 5.32 Å². The van der Waals surface area contributed by atoms with Crippen molar-refractivity contribution >= 4 is 5.91 Å². The molecule has 0 spiro atoms. The standard InChI is InChI=1S/C14H16F2N4O/c1-9-6-12(14(15)16)19-20(9)8-13(21)18-10(2)11-4-3-5-17-7-11/h3-7,10,14H,8H2,1-2H3,(H,18,21). The largest absolute Gasteiger partial charge is 0.348 e. The maximum Gasteiger partial charge on any atom is 0.282 e. The Morgan fingerprint density at radius 1 is 1.48 bits per heavy atom. The Labute approximate surface area is 121 Å². The Bertz CT molecular complexity index is 613. The molecule has 0 aliphatic carbocycles. The molecule has 0 fully saturated rings. The summed E-state index contributed by atoms with van der Waals surface area (Å²) in [7, 11) is 0. The Morgan fingerprint density at radius 3 is 2.81 bits per heavy atom. The molecule has 1 atom stereocenters. The minimum Gasteiger partial charge on any atom is -0.348 e. The van der Waals surface area contributed by atoms with Crippen molar-refractivity contribution in [3.63, 3.8) is 0 Å². The molecule has 0 saturated heterocycles. The number of rotatable bonds is 5. The second kappa shape index (κ2) is 6.43. The van der Waals surface area contributed by atoms with Crippen LogP contribution in [0.25, 0.3) is 0 Å². The number of carbonyl (C=O) groups excluding carboxylic acids is 1. The Hall–Kier alpha value is -2.31. The van der Waals surface area contributed by atoms with E-state index in [1.165, 1.54) is 10.7 Å². The van der Waals surface area contributed by atoms with Crippen LogP contribution < -0.4 is 5.32 Å². The smallest absolute Gasteiger partial charge is 0.282 e. The van der Waals surface area contributed by atoms with E-state index in [2.05, 4.69) is 15.4 Å². The molecule has 2 aromatic heterocycles. The van der Waals surface area contributed by atoms with Crippen LogP contribution in [0, 0.1) is 6.92 Å². The fourth-order valence-electron chi connectivity index (χ4n) is 1.94. The summed E-state index contributed by atoms with van der Waals surface area (Å²) in [6.07, 6.45) is 0.679. The summed E-state index contributed by atoms with van der Waals surface area (Å²) in [5.74, 6) is -0.293. The zero-order valence-corrected chi connectivity index (χ0v) is 11.8. The zero-order chi connectivity index (χ0) is 15.4. The minimum atomic E-state index is -2.64. The van der Waals surface area contributed by atoms with Crippen molar-refractivity contribution in [2.75, 3.05) is 0 Å². The number of alkyl halides is 2. The molecule has 7 heteroatoms. The summed E-state index contributed by atoms with van der Waals surface area (Å²) in [6, 6.07) is 4.70. The molecule has 21 heavy (non-hydrogen) atoms. The van der Waals surface area contributed by atoms with Gasteiger partial charge in [-0.05, 0) is 31.5 Å². The lowest BCUT2D eigenvalue weighted by Crippen LogP contribution is -2.30. The van der Waals surface area contributed by atoms with E-state index in [4.69, 9.17) is 0 Å². The van der Waals surface area contributed by atoms with E-state index in [1.807, 2.05) is 13.0 Å². The summed E-state index contributed by atoms with van der Waals surface area (Å²) in [6.45, 7) is 3.37. The highest BCUT2D eigenvalue weighted by Gasteiger charge is 2.16. The third-order valence-corrected chi connectivity index (χ3v) is 3.08. The summed E-state index contributed by atoms with van der Waals surface area (Å²) < 4.78 is 26.4. The molecule has 0 aliphatic heterocycles. The highest BCUT2D eigenvalue weighted by atomic mass is 19.3. The van der Waals surface area contributed by atoms with Gasteiger partial charge in [-0.15, -0.1) is 0 Å². The highest BCUT2D eigenvalue weighted by molar-refractivity contribution is 5.76. The molecule has 2 rings (SSSR count). The van der Waals surface area contributed by atoms with E-state index >= 15 is 0 Å². The molecule has 1 amide bonds. The van der Waals surface area contributed by atoms with Gasteiger partial charge in [-0.1, -0.05) is 6.07 Å². The molecule has 2 aromatic rings. The molecule has 1 unspecified atom stereocenters. The first kappa shape index (κ1) is 15.1. The van der Waals surface area contributed by atoms with Crippen LogP contribution in [0.1, 0.15) is 36.3 Å². The van der Waals surface area contributed by atoms with Gasteiger partial charge in [-0.3, -0.25) is 14.5 Å². The lowest BCUT2D eigenvalue weighted by Gasteiger charge is -2.14. The van der Waals surface area contributed by atoms with Gasteiger partial charge in [0.1, 0.15) is 12.2 Å². The van der Waals surface area contributed by atoms with Gasteiger partial charge in [0, 0.05) is 18.1 Å². The van der Waals surface area contributed by atoms with Crippen molar-refractivity contribution in [1.29, 1.82) is 0 Å². The van der Waals surface area contributed by atoms with Crippen LogP contribution in [0.3, 0.4) is 0 Å². The van der Waals surface area contributed by atoms with Gasteiger partial charge in [-0.2, -0.15) is 5.10 Å². The number of aryl methyl sites for hydroxylation is 1. The van der Waals surface area contributed by atoms with E-state index in [1.54, 1.807) is 25.4 Å². The molecule has 112 valence electrons. The summed E-state index contributed by atoms with van der Waals surface area (Å²) in [4.78, 5) is 15.9. The summed E-state index contributed by atoms with van der Waals surface area (Å²) in [5, 5.41) is 6.51. The SMILES string of the molecule is Cc1cc(C(F)F)nn1CC(=O)NC(C)c1cccnc1. The first-order valence-electron chi connectivity index (χ1n) is 6.49. The molecule has 1 N–H and O–H groups in total. The second-order valence-electron chi connectivity index (χ2n) is 4.74. The van der Waals surface area contributed by atoms with Crippen molar-refractivity contribution in [2.24, 2.45) is 0 Å². The number of hydrogen-bond acceptors (Lipinski definition) is 3. The zero-order valence-electron chi connectivity index (χ0n) is 11.8. The molecule has 0 aromatic carbocycles. The monoisotopic (exact) mass is 294 g/mol. The maximum atomic E-state index is 12.5. The quantitative estimate of drug-likeness (QED) is 0.921. The van der Waals surface area contributed by atoms with Crippen molar-refractivity contribution in [2.45, 2.75) is 32.9 Å². The summed E-state index contributed by atoms with van der Waals surface area (Å²) in [5.41, 5.74) is 1.08. The molecule has 0 saturated carbocycles. The van der Waals surface area contributed by atoms with Crippen LogP contribution in [-0.4, -0.2) is 20.7 Å². The molecule has 5 nitrogen and oxygen atoms in total. The fraction of sp³-hybridized carbons (Fsp3) is 0.357. The summed E-state index contributed by atoms with van der Waals surface area (Å²) >= 11 is 0. The van der Waals surface area contributed by atoms with Crippen LogP contribution in [-0.2, 0) is 11.3 Å². The van der Waals surface area contributed by atoms with Crippen molar-refractivity contribution in [1.82, 2.24) is 20.1 Å². The van der Waals surface area contributed by atoms with Gasteiger partial charge in [0.2, 0.25) is 5.91 Å². The predicted octanol–water partition coefficient (Wildman–Crippen LogP) is 2.40. The van der Waals surface area contributed by atoms with Gasteiger partial charge in [0.15, 0.2) is 0 Å². The lowest BCUT2D eigenvalue weighted by molar-refractivity contribution is -0.122. The number of nitrogens with zero attached hydrogens (tertiary/aromatic N) is 3. The Kier molecular flexibility index (Phi) is 4.62. The van der Waals surface area contributed by atoms with E-state index in [0.29, 0.717) is 5.69 Å². The van der Waals surface area contributed by atoms with Crippen LogP contribution in [0.2, 0.25) is 0 Å². The van der Waals surface area contributed by atoms with Gasteiger partial charge >= 0.3 is 0 Å². The first-order valence-corrected chi connectivity index (χ1v) is 6.49. The normalized spacial score (nSPS) is 12.4. The van der Waals surface area contributed by atoms with E-state index in [0.717, 1.165) is 5.56 Å². The average Bonchev–Trinajstić information content (AvgIpc) is 2.81. The van der Waals surface area contributed by atoms with Crippen LogP contribution >= 0.6 is 0 Å². The van der Waals surface area contributed by atoms with Crippen molar-refractivity contribution in [3.8, 4) is 0 Å². The third kappa shape index (κ3) is 3.84. The Balaban J connectivity index is 1.99. The average molecular weight is 294 g/mol. The van der Waals surface area contributed by atoms with Crippen LogP contribution in [0.15, 0.2) is 30.6 Å². The number of aromatic nitrogens is 3. The van der Waals surface area contributed by atoms with Gasteiger partial charge in [-0.25, -0.2) is 8.78 Å². The van der Waals surface area contributed by atoms with Gasteiger partial charge in [0.05, 0.1) is 6.04 Å². The molecular formula is C14H16F2N4O. The number of nitrogens with one attached hydrogen (secondary N) is 1. The van der Waals surface area contributed by atoms with Crippen molar-refractivity contribution in [3.05, 3.63) is 47.5 Å². The molecule has 0 radical (unpaired) electrons. The maximum absolute atomic E-state index is 12.5. The number of pyridine rings is 1. The number of hydrogen-bond donors (Lipinski definition) is 1. The van der Waals surface area contributed by atoms with E-state index in [-0.39, 0.29) is 24.2 Å². The minimum absolute atomic E-state index is 0.0941. The highest BCUT2D eigenvalue weighted by Crippen LogP contribution is 2.18. The van der Waals surface area contributed by atoms with Crippen LogP contribution in [0.4, 0.5) is 8.78 Å². The number of amides is 1. The van der Waals surface area contributed by atoms with E-state index in [9.17, 15) is 13.6 Å². The molecule has 0 aliphatic rings. The topological polar surface area (TPSA) is 59.8 Å². The van der Waals surface area contributed by atoms with Crippen LogP contribution in [0.5, 0.6) is 0 Å². The second-order valence-corrected chi connectivity index (χ2v) is 4.74. The first-order chi connectivity index (χ1) is 9.97. The number of carbonyl (C=O) groups is 1. The predicted molar refractivity (Wildman–Crippen MR) is 72.7 cm³/mol. The molecule has 2 heterocycles. The van der Waals surface area contributed by atoms with E-state index < -0.39 is 6.43 Å². The Morgan fingerprint density at radius 2 is 2.24 bits per heavy atom.